The summed E-state index contributed by atoms with van der Waals surface area (Å²) in [6.45, 7) is 4.48. The molecule has 0 saturated heterocycles. The number of halogens is 1. The Morgan fingerprint density at radius 2 is 1.83 bits per heavy atom. The van der Waals surface area contributed by atoms with Crippen LogP contribution < -0.4 is 20.1 Å². The van der Waals surface area contributed by atoms with Gasteiger partial charge in [-0.2, -0.15) is 0 Å². The summed E-state index contributed by atoms with van der Waals surface area (Å²) in [5.74, 6) is 1.24. The smallest absolute Gasteiger partial charge is 0.321 e. The van der Waals surface area contributed by atoms with Gasteiger partial charge in [-0.3, -0.25) is 0 Å². The Labute approximate surface area is 144 Å². The van der Waals surface area contributed by atoms with Crippen LogP contribution >= 0.6 is 15.9 Å². The van der Waals surface area contributed by atoms with Gasteiger partial charge < -0.3 is 20.1 Å². The fourth-order valence-corrected chi connectivity index (χ4v) is 2.50. The summed E-state index contributed by atoms with van der Waals surface area (Å²) < 4.78 is 11.8. The molecule has 0 saturated carbocycles. The Bertz CT molecular complexity index is 677. The molecule has 0 unspecified atom stereocenters. The van der Waals surface area contributed by atoms with Gasteiger partial charge >= 0.3 is 6.03 Å². The van der Waals surface area contributed by atoms with Crippen LogP contribution in [-0.2, 0) is 0 Å². The van der Waals surface area contributed by atoms with E-state index in [-0.39, 0.29) is 12.8 Å². The SMILES string of the molecule is CCOc1ccccc1OCNC(=O)Nc1ccc(C)cc1Br. The van der Waals surface area contributed by atoms with Crippen LogP contribution in [0.4, 0.5) is 10.5 Å². The molecule has 122 valence electrons. The van der Waals surface area contributed by atoms with E-state index in [2.05, 4.69) is 26.6 Å². The lowest BCUT2D eigenvalue weighted by Gasteiger charge is -2.13. The lowest BCUT2D eigenvalue weighted by molar-refractivity contribution is 0.229. The monoisotopic (exact) mass is 378 g/mol. The largest absolute Gasteiger partial charge is 0.490 e. The number of benzene rings is 2. The van der Waals surface area contributed by atoms with E-state index in [1.165, 1.54) is 0 Å². The van der Waals surface area contributed by atoms with Crippen LogP contribution in [0.5, 0.6) is 11.5 Å². The Morgan fingerprint density at radius 3 is 2.48 bits per heavy atom. The van der Waals surface area contributed by atoms with Gasteiger partial charge in [0.1, 0.15) is 0 Å². The molecule has 0 aliphatic rings. The van der Waals surface area contributed by atoms with Crippen LogP contribution in [0, 0.1) is 6.92 Å². The average molecular weight is 379 g/mol. The number of carbonyl (C=O) groups is 1. The first-order chi connectivity index (χ1) is 11.1. The highest BCUT2D eigenvalue weighted by atomic mass is 79.9. The standard InChI is InChI=1S/C17H19BrN2O3/c1-3-22-15-6-4-5-7-16(15)23-11-19-17(21)20-14-9-8-12(2)10-13(14)18/h4-10H,3,11H2,1-2H3,(H2,19,20,21). The van der Waals surface area contributed by atoms with Crippen LogP contribution in [0.15, 0.2) is 46.9 Å². The number of ether oxygens (including phenoxy) is 2. The summed E-state index contributed by atoms with van der Waals surface area (Å²) in [6.07, 6.45) is 0. The van der Waals surface area contributed by atoms with Gasteiger partial charge in [0.05, 0.1) is 12.3 Å². The molecule has 0 spiro atoms. The summed E-state index contributed by atoms with van der Waals surface area (Å²) in [4.78, 5) is 11.9. The normalized spacial score (nSPS) is 10.0. The third kappa shape index (κ3) is 5.17. The van der Waals surface area contributed by atoms with E-state index in [4.69, 9.17) is 9.47 Å². The zero-order chi connectivity index (χ0) is 16.7. The van der Waals surface area contributed by atoms with E-state index in [1.807, 2.05) is 50.2 Å². The highest BCUT2D eigenvalue weighted by Gasteiger charge is 2.07. The second-order valence-corrected chi connectivity index (χ2v) is 5.64. The predicted octanol–water partition coefficient (Wildman–Crippen LogP) is 4.31. The second kappa shape index (κ2) is 8.43. The number of amides is 2. The third-order valence-electron chi connectivity index (χ3n) is 2.98. The molecule has 0 heterocycles. The zero-order valence-electron chi connectivity index (χ0n) is 13.1. The van der Waals surface area contributed by atoms with Gasteiger partial charge in [-0.15, -0.1) is 0 Å². The van der Waals surface area contributed by atoms with Crippen LogP contribution in [-0.4, -0.2) is 19.4 Å². The molecule has 23 heavy (non-hydrogen) atoms. The number of aryl methyl sites for hydroxylation is 1. The van der Waals surface area contributed by atoms with Gasteiger partial charge in [0.25, 0.3) is 0 Å². The number of hydrogen-bond donors (Lipinski definition) is 2. The lowest BCUT2D eigenvalue weighted by atomic mass is 10.2. The Hall–Kier alpha value is -2.21. The molecule has 0 radical (unpaired) electrons. The highest BCUT2D eigenvalue weighted by molar-refractivity contribution is 9.10. The Balaban J connectivity index is 1.85. The first kappa shape index (κ1) is 17.1. The van der Waals surface area contributed by atoms with E-state index in [1.54, 1.807) is 6.07 Å². The molecule has 0 bridgehead atoms. The first-order valence-corrected chi connectivity index (χ1v) is 8.05. The van der Waals surface area contributed by atoms with Crippen molar-refractivity contribution in [2.45, 2.75) is 13.8 Å². The summed E-state index contributed by atoms with van der Waals surface area (Å²) in [6, 6.07) is 12.7. The van der Waals surface area contributed by atoms with Crippen molar-refractivity contribution in [1.29, 1.82) is 0 Å². The molecule has 2 rings (SSSR count). The van der Waals surface area contributed by atoms with Crippen LogP contribution in [0.1, 0.15) is 12.5 Å². The third-order valence-corrected chi connectivity index (χ3v) is 3.64. The summed E-state index contributed by atoms with van der Waals surface area (Å²) in [7, 11) is 0. The molecule has 0 aromatic heterocycles. The maximum Gasteiger partial charge on any atom is 0.321 e. The van der Waals surface area contributed by atoms with E-state index in [9.17, 15) is 4.79 Å². The molecule has 2 aromatic rings. The lowest BCUT2D eigenvalue weighted by Crippen LogP contribution is -2.32. The maximum atomic E-state index is 11.9. The van der Waals surface area contributed by atoms with Crippen molar-refractivity contribution >= 4 is 27.6 Å². The van der Waals surface area contributed by atoms with Crippen molar-refractivity contribution in [3.8, 4) is 11.5 Å². The molecule has 2 N–H and O–H groups in total. The van der Waals surface area contributed by atoms with Gasteiger partial charge in [0, 0.05) is 4.47 Å². The van der Waals surface area contributed by atoms with Crippen molar-refractivity contribution in [2.24, 2.45) is 0 Å². The number of anilines is 1. The first-order valence-electron chi connectivity index (χ1n) is 7.25. The minimum atomic E-state index is -0.344. The molecule has 0 aliphatic heterocycles. The minimum Gasteiger partial charge on any atom is -0.490 e. The maximum absolute atomic E-state index is 11.9. The summed E-state index contributed by atoms with van der Waals surface area (Å²) >= 11 is 3.42. The minimum absolute atomic E-state index is 0.0411. The van der Waals surface area contributed by atoms with Gasteiger partial charge in [0.2, 0.25) is 0 Å². The van der Waals surface area contributed by atoms with Gasteiger partial charge in [-0.1, -0.05) is 18.2 Å². The number of nitrogens with one attached hydrogen (secondary N) is 2. The van der Waals surface area contributed by atoms with Gasteiger partial charge in [-0.25, -0.2) is 4.79 Å². The van der Waals surface area contributed by atoms with Crippen molar-refractivity contribution < 1.29 is 14.3 Å². The quantitative estimate of drug-likeness (QED) is 0.736. The summed E-state index contributed by atoms with van der Waals surface area (Å²) in [5.41, 5.74) is 1.81. The number of hydrogen-bond acceptors (Lipinski definition) is 3. The second-order valence-electron chi connectivity index (χ2n) is 4.78. The Kier molecular flexibility index (Phi) is 6.29. The molecule has 2 aromatic carbocycles. The topological polar surface area (TPSA) is 59.6 Å². The van der Waals surface area contributed by atoms with Gasteiger partial charge in [-0.05, 0) is 59.6 Å². The van der Waals surface area contributed by atoms with Crippen LogP contribution in [0.2, 0.25) is 0 Å². The molecule has 6 heteroatoms. The van der Waals surface area contributed by atoms with Crippen molar-refractivity contribution in [2.75, 3.05) is 18.7 Å². The number of para-hydroxylation sites is 2. The van der Waals surface area contributed by atoms with E-state index in [0.29, 0.717) is 23.8 Å². The van der Waals surface area contributed by atoms with Crippen molar-refractivity contribution in [3.63, 3.8) is 0 Å². The Morgan fingerprint density at radius 1 is 1.13 bits per heavy atom. The number of carbonyl (C=O) groups excluding carboxylic acids is 1. The molecule has 5 nitrogen and oxygen atoms in total. The molecule has 2 amide bonds. The fourth-order valence-electron chi connectivity index (χ4n) is 1.91. The van der Waals surface area contributed by atoms with E-state index < -0.39 is 0 Å². The fraction of sp³-hybridized carbons (Fsp3) is 0.235. The van der Waals surface area contributed by atoms with Crippen molar-refractivity contribution in [1.82, 2.24) is 5.32 Å². The molecule has 0 atom stereocenters. The van der Waals surface area contributed by atoms with E-state index >= 15 is 0 Å². The average Bonchev–Trinajstić information content (AvgIpc) is 2.52. The van der Waals surface area contributed by atoms with E-state index in [0.717, 1.165) is 10.0 Å². The van der Waals surface area contributed by atoms with Crippen LogP contribution in [0.3, 0.4) is 0 Å². The number of urea groups is 1. The molecular weight excluding hydrogens is 360 g/mol. The zero-order valence-corrected chi connectivity index (χ0v) is 14.6. The highest BCUT2D eigenvalue weighted by Crippen LogP contribution is 2.26. The molecular formula is C17H19BrN2O3. The molecule has 0 aliphatic carbocycles. The summed E-state index contributed by atoms with van der Waals surface area (Å²) in [5, 5.41) is 5.40. The molecule has 0 fully saturated rings. The number of rotatable bonds is 6. The predicted molar refractivity (Wildman–Crippen MR) is 94.1 cm³/mol. The van der Waals surface area contributed by atoms with Crippen molar-refractivity contribution in [3.05, 3.63) is 52.5 Å². The van der Waals surface area contributed by atoms with Gasteiger partial charge in [0.15, 0.2) is 18.2 Å². The van der Waals surface area contributed by atoms with Crippen LogP contribution in [0.25, 0.3) is 0 Å².